The van der Waals surface area contributed by atoms with Crippen LogP contribution in [-0.4, -0.2) is 22.8 Å². The van der Waals surface area contributed by atoms with Crippen molar-refractivity contribution in [3.8, 4) is 0 Å². The molecule has 1 N–H and O–H groups in total. The van der Waals surface area contributed by atoms with E-state index < -0.39 is 0 Å². The van der Waals surface area contributed by atoms with Crippen molar-refractivity contribution in [2.75, 3.05) is 6.54 Å². The highest BCUT2D eigenvalue weighted by molar-refractivity contribution is 5.93. The van der Waals surface area contributed by atoms with E-state index in [1.807, 2.05) is 12.1 Å². The summed E-state index contributed by atoms with van der Waals surface area (Å²) in [5.74, 6) is -0.542. The van der Waals surface area contributed by atoms with Gasteiger partial charge in [-0.2, -0.15) is 0 Å². The molecule has 5 nitrogen and oxygen atoms in total. The van der Waals surface area contributed by atoms with Gasteiger partial charge in [0.25, 0.3) is 5.91 Å². The predicted molar refractivity (Wildman–Crippen MR) is 77.9 cm³/mol. The van der Waals surface area contributed by atoms with E-state index in [-0.39, 0.29) is 22.8 Å². The van der Waals surface area contributed by atoms with Crippen LogP contribution < -0.4 is 5.32 Å². The van der Waals surface area contributed by atoms with E-state index in [2.05, 4.69) is 20.3 Å². The van der Waals surface area contributed by atoms with Gasteiger partial charge in [-0.05, 0) is 36.6 Å². The highest BCUT2D eigenvalue weighted by Gasteiger charge is 2.38. The van der Waals surface area contributed by atoms with Gasteiger partial charge in [0.15, 0.2) is 5.69 Å². The van der Waals surface area contributed by atoms with Gasteiger partial charge in [-0.3, -0.25) is 4.79 Å². The van der Waals surface area contributed by atoms with Crippen LogP contribution in [0.4, 0.5) is 4.39 Å². The molecule has 1 aromatic heterocycles. The van der Waals surface area contributed by atoms with Crippen molar-refractivity contribution >= 4 is 5.91 Å². The lowest BCUT2D eigenvalue weighted by Crippen LogP contribution is -2.39. The van der Waals surface area contributed by atoms with Crippen molar-refractivity contribution in [3.63, 3.8) is 0 Å². The summed E-state index contributed by atoms with van der Waals surface area (Å²) in [4.78, 5) is 12.2. The minimum absolute atomic E-state index is 0.182. The van der Waals surface area contributed by atoms with E-state index in [1.165, 1.54) is 6.07 Å². The third-order valence-electron chi connectivity index (χ3n) is 4.46. The molecular weight excluding hydrogens is 285 g/mol. The molecule has 1 aliphatic rings. The average Bonchev–Trinajstić information content (AvgIpc) is 3.15. The summed E-state index contributed by atoms with van der Waals surface area (Å²) < 4.78 is 18.7. The van der Waals surface area contributed by atoms with Crippen LogP contribution in [0.5, 0.6) is 0 Å². The second-order valence-corrected chi connectivity index (χ2v) is 5.85. The number of amides is 1. The standard InChI is InChI=1S/C16H18FN3O2/c1-11-14(20-22-19-11)15(21)18-10-16(8-4-5-9-16)12-6-2-3-7-13(12)17/h2-3,6-7H,4-5,8-10H2,1H3,(H,18,21). The Kier molecular flexibility index (Phi) is 3.92. The molecule has 1 saturated carbocycles. The van der Waals surface area contributed by atoms with Gasteiger partial charge < -0.3 is 5.32 Å². The molecular formula is C16H18FN3O2. The second kappa shape index (κ2) is 5.87. The van der Waals surface area contributed by atoms with Gasteiger partial charge in [-0.25, -0.2) is 9.02 Å². The SMILES string of the molecule is Cc1nonc1C(=O)NCC1(c2ccccc2F)CCCC1. The summed E-state index contributed by atoms with van der Waals surface area (Å²) in [5.41, 5.74) is 0.972. The number of nitrogens with zero attached hydrogens (tertiary/aromatic N) is 2. The molecule has 2 aromatic rings. The molecule has 6 heteroatoms. The molecule has 1 amide bonds. The molecule has 0 bridgehead atoms. The maximum absolute atomic E-state index is 14.2. The Labute approximate surface area is 127 Å². The zero-order chi connectivity index (χ0) is 15.6. The Morgan fingerprint density at radius 1 is 1.32 bits per heavy atom. The van der Waals surface area contributed by atoms with E-state index in [9.17, 15) is 9.18 Å². The predicted octanol–water partition coefficient (Wildman–Crippen LogP) is 2.76. The number of carbonyl (C=O) groups excluding carboxylic acids is 1. The molecule has 0 aliphatic heterocycles. The van der Waals surface area contributed by atoms with E-state index in [0.29, 0.717) is 17.8 Å². The summed E-state index contributed by atoms with van der Waals surface area (Å²) in [6.45, 7) is 2.05. The number of halogens is 1. The van der Waals surface area contributed by atoms with Gasteiger partial charge >= 0.3 is 0 Å². The average molecular weight is 303 g/mol. The molecule has 0 atom stereocenters. The van der Waals surface area contributed by atoms with Gasteiger partial charge in [0.05, 0.1) is 0 Å². The third kappa shape index (κ3) is 2.61. The highest BCUT2D eigenvalue weighted by atomic mass is 19.1. The maximum Gasteiger partial charge on any atom is 0.275 e. The Bertz CT molecular complexity index is 678. The first kappa shape index (κ1) is 14.7. The first-order valence-electron chi connectivity index (χ1n) is 7.45. The largest absolute Gasteiger partial charge is 0.350 e. The number of benzene rings is 1. The highest BCUT2D eigenvalue weighted by Crippen LogP contribution is 2.41. The molecule has 3 rings (SSSR count). The van der Waals surface area contributed by atoms with Crippen LogP contribution in [0.2, 0.25) is 0 Å². The van der Waals surface area contributed by atoms with Crippen LogP contribution in [0.25, 0.3) is 0 Å². The Morgan fingerprint density at radius 2 is 2.05 bits per heavy atom. The monoisotopic (exact) mass is 303 g/mol. The van der Waals surface area contributed by atoms with E-state index in [4.69, 9.17) is 0 Å². The van der Waals surface area contributed by atoms with E-state index >= 15 is 0 Å². The van der Waals surface area contributed by atoms with Crippen molar-refractivity contribution < 1.29 is 13.8 Å². The second-order valence-electron chi connectivity index (χ2n) is 5.85. The van der Waals surface area contributed by atoms with E-state index in [0.717, 1.165) is 25.7 Å². The van der Waals surface area contributed by atoms with Gasteiger partial charge in [0, 0.05) is 12.0 Å². The summed E-state index contributed by atoms with van der Waals surface area (Å²) in [6.07, 6.45) is 3.80. The Morgan fingerprint density at radius 3 is 2.68 bits per heavy atom. The summed E-state index contributed by atoms with van der Waals surface area (Å²) in [5, 5.41) is 10.1. The fourth-order valence-corrected chi connectivity index (χ4v) is 3.26. The fourth-order valence-electron chi connectivity index (χ4n) is 3.26. The Hall–Kier alpha value is -2.24. The van der Waals surface area contributed by atoms with Crippen molar-refractivity contribution in [1.29, 1.82) is 0 Å². The number of hydrogen-bond acceptors (Lipinski definition) is 4. The normalized spacial score (nSPS) is 16.6. The minimum Gasteiger partial charge on any atom is -0.350 e. The van der Waals surface area contributed by atoms with Crippen molar-refractivity contribution in [1.82, 2.24) is 15.6 Å². The number of carbonyl (C=O) groups is 1. The zero-order valence-corrected chi connectivity index (χ0v) is 12.4. The van der Waals surface area contributed by atoms with Gasteiger partial charge in [0.2, 0.25) is 0 Å². The molecule has 0 unspecified atom stereocenters. The molecule has 1 heterocycles. The van der Waals surface area contributed by atoms with Crippen LogP contribution in [0.3, 0.4) is 0 Å². The van der Waals surface area contributed by atoms with Crippen molar-refractivity contribution in [3.05, 3.63) is 47.0 Å². The van der Waals surface area contributed by atoms with Crippen LogP contribution >= 0.6 is 0 Å². The topological polar surface area (TPSA) is 68.0 Å². The van der Waals surface area contributed by atoms with Crippen molar-refractivity contribution in [2.45, 2.75) is 38.0 Å². The summed E-state index contributed by atoms with van der Waals surface area (Å²) in [6, 6.07) is 6.81. The van der Waals surface area contributed by atoms with Crippen LogP contribution in [-0.2, 0) is 5.41 Å². The smallest absolute Gasteiger partial charge is 0.275 e. The first-order valence-corrected chi connectivity index (χ1v) is 7.45. The minimum atomic E-state index is -0.341. The molecule has 0 radical (unpaired) electrons. The van der Waals surface area contributed by atoms with Crippen LogP contribution in [0, 0.1) is 12.7 Å². The van der Waals surface area contributed by atoms with Gasteiger partial charge in [0.1, 0.15) is 11.5 Å². The summed E-state index contributed by atoms with van der Waals surface area (Å²) >= 11 is 0. The lowest BCUT2D eigenvalue weighted by atomic mass is 9.78. The molecule has 1 fully saturated rings. The van der Waals surface area contributed by atoms with E-state index in [1.54, 1.807) is 13.0 Å². The number of rotatable bonds is 4. The van der Waals surface area contributed by atoms with Crippen molar-refractivity contribution in [2.24, 2.45) is 0 Å². The lowest BCUT2D eigenvalue weighted by Gasteiger charge is -2.30. The third-order valence-corrected chi connectivity index (χ3v) is 4.46. The quantitative estimate of drug-likeness (QED) is 0.943. The van der Waals surface area contributed by atoms with Crippen LogP contribution in [0.15, 0.2) is 28.9 Å². The molecule has 116 valence electrons. The maximum atomic E-state index is 14.2. The van der Waals surface area contributed by atoms with Gasteiger partial charge in [-0.1, -0.05) is 36.2 Å². The van der Waals surface area contributed by atoms with Crippen LogP contribution in [0.1, 0.15) is 47.4 Å². The Balaban J connectivity index is 1.80. The molecule has 1 aromatic carbocycles. The number of aromatic nitrogens is 2. The number of hydrogen-bond donors (Lipinski definition) is 1. The molecule has 1 aliphatic carbocycles. The molecule has 0 saturated heterocycles. The summed E-state index contributed by atoms with van der Waals surface area (Å²) in [7, 11) is 0. The molecule has 0 spiro atoms. The molecule has 22 heavy (non-hydrogen) atoms. The first-order chi connectivity index (χ1) is 10.6. The lowest BCUT2D eigenvalue weighted by molar-refractivity contribution is 0.0932. The fraction of sp³-hybridized carbons (Fsp3) is 0.438. The zero-order valence-electron chi connectivity index (χ0n) is 12.4. The number of aryl methyl sites for hydroxylation is 1. The number of nitrogens with one attached hydrogen (secondary N) is 1. The van der Waals surface area contributed by atoms with Gasteiger partial charge in [-0.15, -0.1) is 0 Å².